The molecule has 0 aromatic rings. The van der Waals surface area contributed by atoms with E-state index in [9.17, 15) is 15.0 Å². The van der Waals surface area contributed by atoms with Crippen molar-refractivity contribution in [1.29, 1.82) is 0 Å². The highest BCUT2D eigenvalue weighted by atomic mass is 16.4. The van der Waals surface area contributed by atoms with E-state index < -0.39 is 11.4 Å². The summed E-state index contributed by atoms with van der Waals surface area (Å²) < 4.78 is 0. The highest BCUT2D eigenvalue weighted by molar-refractivity contribution is 5.75. The number of aliphatic carboxylic acids is 1. The molecule has 23 heavy (non-hydrogen) atoms. The van der Waals surface area contributed by atoms with E-state index in [1.165, 1.54) is 0 Å². The monoisotopic (exact) mass is 318 g/mol. The molecule has 0 heterocycles. The van der Waals surface area contributed by atoms with Gasteiger partial charge in [-0.15, -0.1) is 0 Å². The molecule has 128 valence electrons. The zero-order valence-electron chi connectivity index (χ0n) is 14.5. The molecule has 3 heteroatoms. The molecule has 4 aliphatic carbocycles. The maximum Gasteiger partial charge on any atom is 0.309 e. The van der Waals surface area contributed by atoms with Gasteiger partial charge in [0, 0.05) is 5.41 Å². The van der Waals surface area contributed by atoms with Gasteiger partial charge in [-0.1, -0.05) is 19.9 Å². The molecule has 4 saturated carbocycles. The number of aliphatic hydroxyl groups is 1. The van der Waals surface area contributed by atoms with Crippen molar-refractivity contribution in [3.63, 3.8) is 0 Å². The molecule has 1 spiro atoms. The summed E-state index contributed by atoms with van der Waals surface area (Å²) in [5.74, 6) is 0.581. The molecule has 4 rings (SSSR count). The quantitative estimate of drug-likeness (QED) is 0.718. The highest BCUT2D eigenvalue weighted by Gasteiger charge is 2.67. The Morgan fingerprint density at radius 1 is 1.13 bits per heavy atom. The summed E-state index contributed by atoms with van der Waals surface area (Å²) in [6.45, 7) is 8.53. The van der Waals surface area contributed by atoms with Gasteiger partial charge in [0.05, 0.1) is 11.5 Å². The van der Waals surface area contributed by atoms with E-state index in [0.717, 1.165) is 56.9 Å². The van der Waals surface area contributed by atoms with Crippen LogP contribution in [0, 0.1) is 34.0 Å². The molecule has 7 atom stereocenters. The SMILES string of the molecule is C=C1[C@H]2CCC3[C@@]4(C)CCC[C@](C)(C(=O)O)C4CC[C@@]3(C2)[C@@H]1O. The molecule has 0 aromatic carbocycles. The van der Waals surface area contributed by atoms with Gasteiger partial charge in [0.2, 0.25) is 0 Å². The topological polar surface area (TPSA) is 57.5 Å². The summed E-state index contributed by atoms with van der Waals surface area (Å²) in [4.78, 5) is 12.0. The predicted octanol–water partition coefficient (Wildman–Crippen LogP) is 4.01. The number of carboxylic acids is 1. The van der Waals surface area contributed by atoms with Crippen LogP contribution in [0.5, 0.6) is 0 Å². The molecular weight excluding hydrogens is 288 g/mol. The minimum atomic E-state index is -0.616. The number of carboxylic acid groups (broad SMARTS) is 1. The van der Waals surface area contributed by atoms with Crippen molar-refractivity contribution in [3.8, 4) is 0 Å². The second-order valence-corrected chi connectivity index (χ2v) is 9.41. The van der Waals surface area contributed by atoms with Crippen molar-refractivity contribution in [1.82, 2.24) is 0 Å². The van der Waals surface area contributed by atoms with Gasteiger partial charge in [-0.05, 0) is 80.6 Å². The average Bonchev–Trinajstić information content (AvgIpc) is 2.68. The predicted molar refractivity (Wildman–Crippen MR) is 88.8 cm³/mol. The van der Waals surface area contributed by atoms with Crippen molar-refractivity contribution in [2.45, 2.75) is 71.3 Å². The summed E-state index contributed by atoms with van der Waals surface area (Å²) in [6, 6.07) is 0. The number of hydrogen-bond donors (Lipinski definition) is 2. The van der Waals surface area contributed by atoms with Crippen molar-refractivity contribution in [2.24, 2.45) is 34.0 Å². The Bertz CT molecular complexity index is 569. The second kappa shape index (κ2) is 4.62. The van der Waals surface area contributed by atoms with Crippen molar-refractivity contribution >= 4 is 5.97 Å². The maximum atomic E-state index is 12.0. The normalized spacial score (nSPS) is 55.2. The summed E-state index contributed by atoms with van der Waals surface area (Å²) in [7, 11) is 0. The summed E-state index contributed by atoms with van der Waals surface area (Å²) in [5.41, 5.74) is 0.514. The van der Waals surface area contributed by atoms with E-state index in [4.69, 9.17) is 0 Å². The van der Waals surface area contributed by atoms with Crippen LogP contribution >= 0.6 is 0 Å². The lowest BCUT2D eigenvalue weighted by atomic mass is 9.40. The molecule has 4 fully saturated rings. The van der Waals surface area contributed by atoms with Crippen LogP contribution in [-0.2, 0) is 4.79 Å². The Kier molecular flexibility index (Phi) is 3.15. The van der Waals surface area contributed by atoms with Crippen LogP contribution in [0.4, 0.5) is 0 Å². The lowest BCUT2D eigenvalue weighted by molar-refractivity contribution is -0.190. The van der Waals surface area contributed by atoms with Gasteiger partial charge in [0.15, 0.2) is 0 Å². The maximum absolute atomic E-state index is 12.0. The van der Waals surface area contributed by atoms with E-state index >= 15 is 0 Å². The summed E-state index contributed by atoms with van der Waals surface area (Å²) in [6.07, 6.45) is 7.86. The van der Waals surface area contributed by atoms with Gasteiger partial charge < -0.3 is 10.2 Å². The standard InChI is InChI=1S/C20H30O3/c1-12-13-5-6-15-18(2)8-4-9-19(3,17(22)23)14(18)7-10-20(15,11-13)16(12)21/h13-16,21H,1,4-11H2,2-3H3,(H,22,23)/t13-,14?,15?,16+,18-,19-,20-/m0/s1. The van der Waals surface area contributed by atoms with Crippen LogP contribution in [0.15, 0.2) is 12.2 Å². The second-order valence-electron chi connectivity index (χ2n) is 9.41. The molecule has 0 saturated heterocycles. The fourth-order valence-electron chi connectivity index (χ4n) is 7.62. The number of hydrogen-bond acceptors (Lipinski definition) is 2. The first-order chi connectivity index (χ1) is 10.8. The van der Waals surface area contributed by atoms with Gasteiger partial charge in [0.1, 0.15) is 0 Å². The summed E-state index contributed by atoms with van der Waals surface area (Å²) >= 11 is 0. The van der Waals surface area contributed by atoms with Crippen molar-refractivity contribution < 1.29 is 15.0 Å². The van der Waals surface area contributed by atoms with Crippen LogP contribution in [0.25, 0.3) is 0 Å². The third-order valence-corrected chi connectivity index (χ3v) is 8.70. The van der Waals surface area contributed by atoms with Crippen molar-refractivity contribution in [2.75, 3.05) is 0 Å². The molecule has 2 bridgehead atoms. The van der Waals surface area contributed by atoms with E-state index in [2.05, 4.69) is 13.5 Å². The zero-order valence-corrected chi connectivity index (χ0v) is 14.5. The average molecular weight is 318 g/mol. The zero-order chi connectivity index (χ0) is 16.6. The Morgan fingerprint density at radius 3 is 2.57 bits per heavy atom. The van der Waals surface area contributed by atoms with Crippen molar-refractivity contribution in [3.05, 3.63) is 12.2 Å². The highest BCUT2D eigenvalue weighted by Crippen LogP contribution is 2.72. The lowest BCUT2D eigenvalue weighted by Gasteiger charge is -2.63. The van der Waals surface area contributed by atoms with E-state index in [1.807, 2.05) is 6.92 Å². The minimum absolute atomic E-state index is 0.0119. The van der Waals surface area contributed by atoms with E-state index in [-0.39, 0.29) is 22.9 Å². The van der Waals surface area contributed by atoms with E-state index in [0.29, 0.717) is 11.8 Å². The fourth-order valence-corrected chi connectivity index (χ4v) is 7.62. The Hall–Kier alpha value is -0.830. The third kappa shape index (κ3) is 1.72. The Balaban J connectivity index is 1.78. The molecular formula is C20H30O3. The fraction of sp³-hybridized carbons (Fsp3) is 0.850. The molecule has 0 radical (unpaired) electrons. The van der Waals surface area contributed by atoms with Gasteiger partial charge in [-0.3, -0.25) is 4.79 Å². The molecule has 3 nitrogen and oxygen atoms in total. The largest absolute Gasteiger partial charge is 0.481 e. The van der Waals surface area contributed by atoms with Crippen LogP contribution in [0.2, 0.25) is 0 Å². The first-order valence-corrected chi connectivity index (χ1v) is 9.36. The first kappa shape index (κ1) is 15.7. The molecule has 0 aliphatic heterocycles. The summed E-state index contributed by atoms with van der Waals surface area (Å²) in [5, 5.41) is 20.9. The van der Waals surface area contributed by atoms with Gasteiger partial charge in [-0.25, -0.2) is 0 Å². The lowest BCUT2D eigenvalue weighted by Crippen LogP contribution is -2.60. The minimum Gasteiger partial charge on any atom is -0.481 e. The van der Waals surface area contributed by atoms with Gasteiger partial charge in [-0.2, -0.15) is 0 Å². The molecule has 4 aliphatic rings. The van der Waals surface area contributed by atoms with Crippen LogP contribution in [-0.4, -0.2) is 22.3 Å². The number of rotatable bonds is 1. The first-order valence-electron chi connectivity index (χ1n) is 9.36. The van der Waals surface area contributed by atoms with E-state index in [1.54, 1.807) is 0 Å². The smallest absolute Gasteiger partial charge is 0.309 e. The Labute approximate surface area is 139 Å². The number of aliphatic hydroxyl groups excluding tert-OH is 1. The van der Waals surface area contributed by atoms with Gasteiger partial charge in [0.25, 0.3) is 0 Å². The van der Waals surface area contributed by atoms with Crippen LogP contribution in [0.3, 0.4) is 0 Å². The molecule has 2 unspecified atom stereocenters. The third-order valence-electron chi connectivity index (χ3n) is 8.70. The molecule has 0 amide bonds. The number of carbonyl (C=O) groups is 1. The molecule has 0 aromatic heterocycles. The molecule has 2 N–H and O–H groups in total. The Morgan fingerprint density at radius 2 is 1.87 bits per heavy atom. The number of fused-ring (bicyclic) bond motifs is 3. The van der Waals surface area contributed by atoms with Crippen LogP contribution in [0.1, 0.15) is 65.2 Å². The van der Waals surface area contributed by atoms with Crippen LogP contribution < -0.4 is 0 Å². The van der Waals surface area contributed by atoms with Gasteiger partial charge >= 0.3 is 5.97 Å².